The van der Waals surface area contributed by atoms with E-state index in [2.05, 4.69) is 12.1 Å². The maximum Gasteiger partial charge on any atom is 0.319 e. The van der Waals surface area contributed by atoms with E-state index in [1.807, 2.05) is 12.1 Å². The number of hydrogen-bond acceptors (Lipinski definition) is 3. The van der Waals surface area contributed by atoms with Crippen LogP contribution in [0.25, 0.3) is 0 Å². The Bertz CT molecular complexity index is 707. The number of carbonyl (C=O) groups excluding carboxylic acids is 1. The molecule has 0 N–H and O–H groups in total. The molecule has 5 heteroatoms. The van der Waals surface area contributed by atoms with Gasteiger partial charge in [-0.25, -0.2) is 0 Å². The van der Waals surface area contributed by atoms with Crippen LogP contribution in [-0.2, 0) is 6.42 Å². The van der Waals surface area contributed by atoms with E-state index >= 15 is 0 Å². The van der Waals surface area contributed by atoms with Crippen LogP contribution in [0.3, 0.4) is 0 Å². The Morgan fingerprint density at radius 2 is 1.92 bits per heavy atom. The molecule has 0 saturated carbocycles. The lowest BCUT2D eigenvalue weighted by atomic mass is 9.90. The Labute approximate surface area is 148 Å². The fourth-order valence-corrected chi connectivity index (χ4v) is 3.34. The first-order valence-electron chi connectivity index (χ1n) is 8.78. The summed E-state index contributed by atoms with van der Waals surface area (Å²) in [6.07, 6.45) is 5.53. The summed E-state index contributed by atoms with van der Waals surface area (Å²) in [5.41, 5.74) is 1.52. The molecular weight excluding hydrogens is 316 g/mol. The molecule has 1 aliphatic rings. The zero-order valence-corrected chi connectivity index (χ0v) is 14.6. The standard InChI is InChI=1S/C20H24N2O3/c1-25-18-9-7-16(8-10-18)5-6-17-11-14-21(15-12-17)20(23)19-4-2-3-13-22(19)24/h2-4,7-10,13,17H,5-6,11-12,14-15H2,1H3. The summed E-state index contributed by atoms with van der Waals surface area (Å²) in [6.45, 7) is 1.45. The minimum atomic E-state index is -0.163. The fraction of sp³-hybridized carbons (Fsp3) is 0.400. The highest BCUT2D eigenvalue weighted by atomic mass is 16.5. The average Bonchev–Trinajstić information content (AvgIpc) is 2.67. The average molecular weight is 340 g/mol. The molecule has 5 nitrogen and oxygen atoms in total. The number of methoxy groups -OCH3 is 1. The second-order valence-electron chi connectivity index (χ2n) is 6.53. The number of pyridine rings is 1. The number of likely N-dealkylation sites (tertiary alicyclic amines) is 1. The lowest BCUT2D eigenvalue weighted by Crippen LogP contribution is -2.44. The molecule has 2 heterocycles. The van der Waals surface area contributed by atoms with Crippen LogP contribution in [0.15, 0.2) is 48.7 Å². The summed E-state index contributed by atoms with van der Waals surface area (Å²) < 4.78 is 5.83. The number of carbonyl (C=O) groups is 1. The van der Waals surface area contributed by atoms with Gasteiger partial charge in [0.25, 0.3) is 5.69 Å². The smallest absolute Gasteiger partial charge is 0.319 e. The van der Waals surface area contributed by atoms with Gasteiger partial charge in [-0.1, -0.05) is 12.1 Å². The van der Waals surface area contributed by atoms with E-state index in [0.717, 1.165) is 44.5 Å². The normalized spacial score (nSPS) is 15.2. The summed E-state index contributed by atoms with van der Waals surface area (Å²) in [5, 5.41) is 11.7. The molecule has 1 aromatic carbocycles. The first-order chi connectivity index (χ1) is 12.2. The van der Waals surface area contributed by atoms with Crippen LogP contribution in [0.1, 0.15) is 35.3 Å². The van der Waals surface area contributed by atoms with Crippen LogP contribution in [-0.4, -0.2) is 31.0 Å². The van der Waals surface area contributed by atoms with E-state index in [0.29, 0.717) is 10.6 Å². The van der Waals surface area contributed by atoms with Crippen molar-refractivity contribution in [3.63, 3.8) is 0 Å². The van der Waals surface area contributed by atoms with Crippen molar-refractivity contribution in [2.45, 2.75) is 25.7 Å². The van der Waals surface area contributed by atoms with Gasteiger partial charge in [-0.15, -0.1) is 0 Å². The molecule has 1 amide bonds. The van der Waals surface area contributed by atoms with Crippen molar-refractivity contribution in [3.8, 4) is 5.75 Å². The molecule has 25 heavy (non-hydrogen) atoms. The number of hydrogen-bond donors (Lipinski definition) is 0. The molecule has 132 valence electrons. The summed E-state index contributed by atoms with van der Waals surface area (Å²) in [6, 6.07) is 13.2. The molecule has 1 saturated heterocycles. The Morgan fingerprint density at radius 3 is 2.56 bits per heavy atom. The van der Waals surface area contributed by atoms with E-state index < -0.39 is 0 Å². The third-order valence-electron chi connectivity index (χ3n) is 4.95. The molecular formula is C20H24N2O3. The zero-order chi connectivity index (χ0) is 17.6. The van der Waals surface area contributed by atoms with Crippen molar-refractivity contribution < 1.29 is 14.3 Å². The molecule has 2 aromatic rings. The van der Waals surface area contributed by atoms with Gasteiger partial charge in [0.15, 0.2) is 6.20 Å². The van der Waals surface area contributed by atoms with E-state index in [1.165, 1.54) is 11.8 Å². The molecule has 0 atom stereocenters. The lowest BCUT2D eigenvalue weighted by Gasteiger charge is -2.31. The van der Waals surface area contributed by atoms with E-state index in [9.17, 15) is 10.0 Å². The molecule has 0 unspecified atom stereocenters. The summed E-state index contributed by atoms with van der Waals surface area (Å²) in [5.74, 6) is 1.34. The number of aryl methyl sites for hydroxylation is 1. The van der Waals surface area contributed by atoms with Crippen molar-refractivity contribution >= 4 is 5.91 Å². The van der Waals surface area contributed by atoms with Crippen molar-refractivity contribution in [1.29, 1.82) is 0 Å². The Hall–Kier alpha value is -2.56. The predicted molar refractivity (Wildman–Crippen MR) is 95.3 cm³/mol. The number of ether oxygens (including phenoxy) is 1. The number of amides is 1. The van der Waals surface area contributed by atoms with Gasteiger partial charge in [0.1, 0.15) is 5.75 Å². The molecule has 0 bridgehead atoms. The summed E-state index contributed by atoms with van der Waals surface area (Å²) >= 11 is 0. The Morgan fingerprint density at radius 1 is 1.20 bits per heavy atom. The van der Waals surface area contributed by atoms with Gasteiger partial charge in [0.2, 0.25) is 0 Å². The summed E-state index contributed by atoms with van der Waals surface area (Å²) in [7, 11) is 1.67. The SMILES string of the molecule is COc1ccc(CCC2CCN(C(=O)c3cccc[n+]3[O-])CC2)cc1. The quantitative estimate of drug-likeness (QED) is 0.621. The van der Waals surface area contributed by atoms with Gasteiger partial charge in [-0.05, 0) is 55.4 Å². The van der Waals surface area contributed by atoms with Gasteiger partial charge in [0, 0.05) is 25.2 Å². The topological polar surface area (TPSA) is 56.5 Å². The Kier molecular flexibility index (Phi) is 5.53. The first kappa shape index (κ1) is 17.3. The highest BCUT2D eigenvalue weighted by Gasteiger charge is 2.27. The summed E-state index contributed by atoms with van der Waals surface area (Å²) in [4.78, 5) is 14.3. The lowest BCUT2D eigenvalue weighted by molar-refractivity contribution is -0.608. The number of rotatable bonds is 5. The van der Waals surface area contributed by atoms with Gasteiger partial charge in [-0.3, -0.25) is 4.79 Å². The monoisotopic (exact) mass is 340 g/mol. The second kappa shape index (κ2) is 8.01. The number of benzene rings is 1. The van der Waals surface area contributed by atoms with Crippen LogP contribution in [0.4, 0.5) is 0 Å². The van der Waals surface area contributed by atoms with E-state index in [1.54, 1.807) is 30.2 Å². The highest BCUT2D eigenvalue weighted by Crippen LogP contribution is 2.23. The molecule has 1 aromatic heterocycles. The van der Waals surface area contributed by atoms with Crippen molar-refractivity contribution in [1.82, 2.24) is 4.90 Å². The van der Waals surface area contributed by atoms with Crippen LogP contribution in [0, 0.1) is 11.1 Å². The molecule has 0 radical (unpaired) electrons. The number of nitrogens with zero attached hydrogens (tertiary/aromatic N) is 2. The minimum absolute atomic E-state index is 0.163. The van der Waals surface area contributed by atoms with Gasteiger partial charge < -0.3 is 14.8 Å². The first-order valence-corrected chi connectivity index (χ1v) is 8.78. The molecule has 1 fully saturated rings. The van der Waals surface area contributed by atoms with Crippen LogP contribution in [0.2, 0.25) is 0 Å². The number of piperidine rings is 1. The van der Waals surface area contributed by atoms with E-state index in [4.69, 9.17) is 4.74 Å². The maximum absolute atomic E-state index is 12.5. The second-order valence-corrected chi connectivity index (χ2v) is 6.53. The van der Waals surface area contributed by atoms with Crippen LogP contribution in [0.5, 0.6) is 5.75 Å². The fourth-order valence-electron chi connectivity index (χ4n) is 3.34. The molecule has 0 spiro atoms. The minimum Gasteiger partial charge on any atom is -0.618 e. The zero-order valence-electron chi connectivity index (χ0n) is 14.6. The van der Waals surface area contributed by atoms with E-state index in [-0.39, 0.29) is 11.6 Å². The molecule has 3 rings (SSSR count). The molecule has 1 aliphatic heterocycles. The number of aromatic nitrogens is 1. The third kappa shape index (κ3) is 4.29. The Balaban J connectivity index is 1.48. The van der Waals surface area contributed by atoms with Crippen molar-refractivity contribution in [2.24, 2.45) is 5.92 Å². The molecule has 0 aliphatic carbocycles. The van der Waals surface area contributed by atoms with Gasteiger partial charge in [0.05, 0.1) is 7.11 Å². The maximum atomic E-state index is 12.5. The predicted octanol–water partition coefficient (Wildman–Crippen LogP) is 2.81. The largest absolute Gasteiger partial charge is 0.618 e. The van der Waals surface area contributed by atoms with Crippen molar-refractivity contribution in [3.05, 3.63) is 65.1 Å². The highest BCUT2D eigenvalue weighted by molar-refractivity contribution is 5.90. The third-order valence-corrected chi connectivity index (χ3v) is 4.95. The van der Waals surface area contributed by atoms with Crippen LogP contribution < -0.4 is 9.47 Å². The van der Waals surface area contributed by atoms with Crippen LogP contribution >= 0.6 is 0 Å². The van der Waals surface area contributed by atoms with Crippen molar-refractivity contribution in [2.75, 3.05) is 20.2 Å². The van der Waals surface area contributed by atoms with Gasteiger partial charge in [-0.2, -0.15) is 4.73 Å². The van der Waals surface area contributed by atoms with Gasteiger partial charge >= 0.3 is 5.91 Å².